The van der Waals surface area contributed by atoms with Crippen LogP contribution < -0.4 is 19.2 Å². The Bertz CT molecular complexity index is 1280. The third-order valence-corrected chi connectivity index (χ3v) is 7.30. The Kier molecular flexibility index (Phi) is 8.89. The third kappa shape index (κ3) is 6.83. The first-order chi connectivity index (χ1) is 16.7. The predicted octanol–water partition coefficient (Wildman–Crippen LogP) is 4.59. The van der Waals surface area contributed by atoms with Crippen molar-refractivity contribution < 1.29 is 22.7 Å². The summed E-state index contributed by atoms with van der Waals surface area (Å²) in [5.74, 6) is 0.712. The highest BCUT2D eigenvalue weighted by Crippen LogP contribution is 2.26. The Morgan fingerprint density at radius 3 is 2.14 bits per heavy atom. The number of halogens is 1. The molecule has 0 aliphatic carbocycles. The van der Waals surface area contributed by atoms with Crippen LogP contribution in [-0.4, -0.2) is 40.3 Å². The molecule has 0 spiro atoms. The van der Waals surface area contributed by atoms with Crippen molar-refractivity contribution in [2.75, 3.05) is 24.6 Å². The van der Waals surface area contributed by atoms with Gasteiger partial charge in [-0.2, -0.15) is 5.10 Å². The number of rotatable bonds is 10. The lowest BCUT2D eigenvalue weighted by Crippen LogP contribution is -2.39. The summed E-state index contributed by atoms with van der Waals surface area (Å²) in [7, 11) is -2.46. The third-order valence-electron chi connectivity index (χ3n) is 4.98. The molecule has 3 aromatic rings. The molecular formula is C25H26BrN3O5S. The Hall–Kier alpha value is -3.37. The lowest BCUT2D eigenvalue weighted by atomic mass is 10.1. The lowest BCUT2D eigenvalue weighted by molar-refractivity contribution is -0.119. The van der Waals surface area contributed by atoms with E-state index < -0.39 is 22.5 Å². The van der Waals surface area contributed by atoms with Crippen LogP contribution in [0.5, 0.6) is 11.5 Å². The van der Waals surface area contributed by atoms with E-state index in [2.05, 4.69) is 26.5 Å². The number of hydrogen-bond acceptors (Lipinski definition) is 6. The molecule has 3 aromatic carbocycles. The summed E-state index contributed by atoms with van der Waals surface area (Å²) in [6.45, 7) is 3.61. The SMILES string of the molecule is CCOc1ccc(N(CC(=O)N/N=C(/C)c2ccc(OC)cc2)S(=O)(=O)c2ccc(Br)cc2)cc1. The van der Waals surface area contributed by atoms with Crippen LogP contribution in [0.15, 0.2) is 87.3 Å². The zero-order valence-electron chi connectivity index (χ0n) is 19.6. The first-order valence-corrected chi connectivity index (χ1v) is 13.0. The van der Waals surface area contributed by atoms with Gasteiger partial charge in [-0.3, -0.25) is 9.10 Å². The Labute approximate surface area is 213 Å². The van der Waals surface area contributed by atoms with Crippen molar-refractivity contribution in [2.45, 2.75) is 18.7 Å². The fourth-order valence-corrected chi connectivity index (χ4v) is 4.82. The molecule has 35 heavy (non-hydrogen) atoms. The van der Waals surface area contributed by atoms with Crippen LogP contribution in [0.3, 0.4) is 0 Å². The number of sulfonamides is 1. The molecule has 1 N–H and O–H groups in total. The lowest BCUT2D eigenvalue weighted by Gasteiger charge is -2.24. The van der Waals surface area contributed by atoms with Gasteiger partial charge in [0.05, 0.1) is 30.0 Å². The number of nitrogens with zero attached hydrogens (tertiary/aromatic N) is 2. The molecule has 8 nitrogen and oxygen atoms in total. The second kappa shape index (κ2) is 11.9. The molecule has 0 aromatic heterocycles. The van der Waals surface area contributed by atoms with Crippen molar-refractivity contribution in [3.63, 3.8) is 0 Å². The smallest absolute Gasteiger partial charge is 0.264 e. The molecule has 3 rings (SSSR count). The molecular weight excluding hydrogens is 534 g/mol. The summed E-state index contributed by atoms with van der Waals surface area (Å²) >= 11 is 3.31. The molecule has 0 saturated heterocycles. The van der Waals surface area contributed by atoms with Crippen molar-refractivity contribution >= 4 is 43.3 Å². The van der Waals surface area contributed by atoms with Crippen molar-refractivity contribution in [3.8, 4) is 11.5 Å². The second-order valence-electron chi connectivity index (χ2n) is 7.35. The fourth-order valence-electron chi connectivity index (χ4n) is 3.13. The minimum Gasteiger partial charge on any atom is -0.497 e. The van der Waals surface area contributed by atoms with Crippen molar-refractivity contribution in [2.24, 2.45) is 5.10 Å². The Morgan fingerprint density at radius 1 is 0.971 bits per heavy atom. The first kappa shape index (κ1) is 26.2. The van der Waals surface area contributed by atoms with Gasteiger partial charge in [-0.1, -0.05) is 15.9 Å². The molecule has 184 valence electrons. The first-order valence-electron chi connectivity index (χ1n) is 10.7. The molecule has 0 aliphatic heterocycles. The topological polar surface area (TPSA) is 97.3 Å². The van der Waals surface area contributed by atoms with E-state index in [9.17, 15) is 13.2 Å². The standard InChI is InChI=1S/C25H26BrN3O5S/c1-4-34-23-13-9-21(10-14-23)29(35(31,32)24-15-7-20(26)8-16-24)17-25(30)28-27-18(2)19-5-11-22(33-3)12-6-19/h5-16H,4,17H2,1-3H3,(H,28,30)/b27-18-. The van der Waals surface area contributed by atoms with Crippen molar-refractivity contribution in [1.29, 1.82) is 0 Å². The number of carbonyl (C=O) groups excluding carboxylic acids is 1. The second-order valence-corrected chi connectivity index (χ2v) is 10.1. The van der Waals surface area contributed by atoms with Gasteiger partial charge in [0.25, 0.3) is 15.9 Å². The van der Waals surface area contributed by atoms with E-state index in [1.54, 1.807) is 62.6 Å². The number of benzene rings is 3. The molecule has 0 bridgehead atoms. The molecule has 0 heterocycles. The number of ether oxygens (including phenoxy) is 2. The van der Waals surface area contributed by atoms with Gasteiger partial charge in [-0.05, 0) is 92.2 Å². The average molecular weight is 560 g/mol. The van der Waals surface area contributed by atoms with Crippen LogP contribution in [0.25, 0.3) is 0 Å². The molecule has 0 radical (unpaired) electrons. The summed E-state index contributed by atoms with van der Waals surface area (Å²) < 4.78 is 39.3. The van der Waals surface area contributed by atoms with Crippen LogP contribution in [0.1, 0.15) is 19.4 Å². The largest absolute Gasteiger partial charge is 0.497 e. The van der Waals surface area contributed by atoms with Crippen LogP contribution in [0.4, 0.5) is 5.69 Å². The highest BCUT2D eigenvalue weighted by atomic mass is 79.9. The summed E-state index contributed by atoms with van der Waals surface area (Å²) in [5, 5.41) is 4.13. The molecule has 0 atom stereocenters. The van der Waals surface area contributed by atoms with Gasteiger partial charge in [-0.25, -0.2) is 13.8 Å². The van der Waals surface area contributed by atoms with Gasteiger partial charge in [0, 0.05) is 4.47 Å². The monoisotopic (exact) mass is 559 g/mol. The van der Waals surface area contributed by atoms with Crippen LogP contribution >= 0.6 is 15.9 Å². The number of hydrazone groups is 1. The van der Waals surface area contributed by atoms with E-state index in [1.165, 1.54) is 12.1 Å². The van der Waals surface area contributed by atoms with E-state index in [4.69, 9.17) is 9.47 Å². The number of amides is 1. The normalized spacial score (nSPS) is 11.6. The summed E-state index contributed by atoms with van der Waals surface area (Å²) in [5.41, 5.74) is 4.12. The molecule has 0 fully saturated rings. The number of methoxy groups -OCH3 is 1. The van der Waals surface area contributed by atoms with E-state index in [0.717, 1.165) is 14.3 Å². The highest BCUT2D eigenvalue weighted by molar-refractivity contribution is 9.10. The average Bonchev–Trinajstić information content (AvgIpc) is 2.87. The van der Waals surface area contributed by atoms with Gasteiger partial charge < -0.3 is 9.47 Å². The maximum absolute atomic E-state index is 13.5. The van der Waals surface area contributed by atoms with Gasteiger partial charge in [0.2, 0.25) is 0 Å². The van der Waals surface area contributed by atoms with Gasteiger partial charge in [-0.15, -0.1) is 0 Å². The summed E-state index contributed by atoms with van der Waals surface area (Å²) in [4.78, 5) is 12.8. The van der Waals surface area contributed by atoms with Crippen LogP contribution in [0, 0.1) is 0 Å². The maximum atomic E-state index is 13.5. The van der Waals surface area contributed by atoms with E-state index in [1.807, 2.05) is 19.1 Å². The van der Waals surface area contributed by atoms with Crippen LogP contribution in [-0.2, 0) is 14.8 Å². The zero-order valence-corrected chi connectivity index (χ0v) is 22.0. The van der Waals surface area contributed by atoms with Crippen molar-refractivity contribution in [1.82, 2.24) is 5.43 Å². The zero-order chi connectivity index (χ0) is 25.4. The predicted molar refractivity (Wildman–Crippen MR) is 140 cm³/mol. The molecule has 0 aliphatic rings. The molecule has 0 unspecified atom stereocenters. The quantitative estimate of drug-likeness (QED) is 0.289. The molecule has 0 saturated carbocycles. The van der Waals surface area contributed by atoms with Crippen molar-refractivity contribution in [3.05, 3.63) is 82.8 Å². The fraction of sp³-hybridized carbons (Fsp3) is 0.200. The Balaban J connectivity index is 1.85. The number of carbonyl (C=O) groups is 1. The van der Waals surface area contributed by atoms with E-state index in [0.29, 0.717) is 29.5 Å². The molecule has 10 heteroatoms. The van der Waals surface area contributed by atoms with Gasteiger partial charge in [0.15, 0.2) is 0 Å². The van der Waals surface area contributed by atoms with Crippen LogP contribution in [0.2, 0.25) is 0 Å². The molecule has 1 amide bonds. The maximum Gasteiger partial charge on any atom is 0.264 e. The van der Waals surface area contributed by atoms with Gasteiger partial charge in [0.1, 0.15) is 18.0 Å². The minimum absolute atomic E-state index is 0.0558. The Morgan fingerprint density at radius 2 is 1.57 bits per heavy atom. The van der Waals surface area contributed by atoms with E-state index in [-0.39, 0.29) is 4.90 Å². The summed E-state index contributed by atoms with van der Waals surface area (Å²) in [6, 6.07) is 19.9. The minimum atomic E-state index is -4.04. The summed E-state index contributed by atoms with van der Waals surface area (Å²) in [6.07, 6.45) is 0. The number of hydrogen-bond donors (Lipinski definition) is 1. The highest BCUT2D eigenvalue weighted by Gasteiger charge is 2.27. The number of nitrogens with one attached hydrogen (secondary N) is 1. The van der Waals surface area contributed by atoms with Gasteiger partial charge >= 0.3 is 0 Å². The van der Waals surface area contributed by atoms with E-state index >= 15 is 0 Å². The number of anilines is 1.